The van der Waals surface area contributed by atoms with Crippen LogP contribution >= 0.6 is 0 Å². The van der Waals surface area contributed by atoms with Gasteiger partial charge in [0.1, 0.15) is 11.5 Å². The number of rotatable bonds is 6. The summed E-state index contributed by atoms with van der Waals surface area (Å²) in [5, 5.41) is 14.7. The highest BCUT2D eigenvalue weighted by atomic mass is 16.6. The summed E-state index contributed by atoms with van der Waals surface area (Å²) in [7, 11) is 3.07. The summed E-state index contributed by atoms with van der Waals surface area (Å²) in [4.78, 5) is 21.3. The summed E-state index contributed by atoms with van der Waals surface area (Å²) in [6, 6.07) is 5.18. The van der Waals surface area contributed by atoms with Crippen LogP contribution in [0.3, 0.4) is 0 Å². The first kappa shape index (κ1) is 20.4. The molecule has 11 heteroatoms. The minimum absolute atomic E-state index is 0.107. The number of methoxy groups -OCH3 is 2. The molecule has 1 aromatic heterocycles. The molecule has 1 fully saturated rings. The van der Waals surface area contributed by atoms with Crippen LogP contribution in [-0.2, 0) is 4.74 Å². The third-order valence-electron chi connectivity index (χ3n) is 4.45. The number of aromatic nitrogens is 2. The lowest BCUT2D eigenvalue weighted by molar-refractivity contribution is -0.383. The van der Waals surface area contributed by atoms with Crippen LogP contribution in [0.15, 0.2) is 18.2 Å². The maximum absolute atomic E-state index is 11.6. The number of nitrogens with one attached hydrogen (secondary N) is 1. The van der Waals surface area contributed by atoms with Gasteiger partial charge in [0.25, 0.3) is 0 Å². The second-order valence-corrected chi connectivity index (χ2v) is 6.72. The summed E-state index contributed by atoms with van der Waals surface area (Å²) in [5.74, 6) is 1.16. The van der Waals surface area contributed by atoms with E-state index in [9.17, 15) is 10.1 Å². The molecule has 1 aromatic carbocycles. The van der Waals surface area contributed by atoms with Gasteiger partial charge in [0.05, 0.1) is 37.0 Å². The minimum Gasteiger partial charge on any atom is -0.497 e. The van der Waals surface area contributed by atoms with Crippen LogP contribution in [0.25, 0.3) is 0 Å². The number of anilines is 4. The normalized spacial score (nSPS) is 19.0. The van der Waals surface area contributed by atoms with E-state index in [1.165, 1.54) is 7.11 Å². The van der Waals surface area contributed by atoms with Gasteiger partial charge in [-0.3, -0.25) is 10.1 Å². The maximum Gasteiger partial charge on any atom is 0.353 e. The van der Waals surface area contributed by atoms with Crippen LogP contribution in [0.4, 0.5) is 29.0 Å². The highest BCUT2D eigenvalue weighted by Gasteiger charge is 2.32. The molecule has 2 aromatic rings. The van der Waals surface area contributed by atoms with Crippen molar-refractivity contribution in [2.24, 2.45) is 0 Å². The first-order valence-electron chi connectivity index (χ1n) is 9.03. The topological polar surface area (TPSA) is 138 Å². The number of benzene rings is 1. The van der Waals surface area contributed by atoms with E-state index >= 15 is 0 Å². The van der Waals surface area contributed by atoms with Crippen molar-refractivity contribution in [1.29, 1.82) is 0 Å². The fourth-order valence-electron chi connectivity index (χ4n) is 3.29. The minimum atomic E-state index is -0.564. The van der Waals surface area contributed by atoms with Crippen molar-refractivity contribution in [3.63, 3.8) is 0 Å². The van der Waals surface area contributed by atoms with E-state index in [0.717, 1.165) is 0 Å². The Bertz CT molecular complexity index is 899. The third kappa shape index (κ3) is 4.40. The van der Waals surface area contributed by atoms with Gasteiger partial charge in [-0.05, 0) is 26.0 Å². The van der Waals surface area contributed by atoms with Gasteiger partial charge in [-0.2, -0.15) is 9.97 Å². The average molecular weight is 404 g/mol. The summed E-state index contributed by atoms with van der Waals surface area (Å²) in [6.07, 6.45) is -0.214. The monoisotopic (exact) mass is 404 g/mol. The maximum atomic E-state index is 11.6. The van der Waals surface area contributed by atoms with Crippen molar-refractivity contribution < 1.29 is 19.1 Å². The van der Waals surface area contributed by atoms with Crippen LogP contribution in [-0.4, -0.2) is 54.4 Å². The number of nitrogens with zero attached hydrogens (tertiary/aromatic N) is 4. The molecule has 3 rings (SSSR count). The Kier molecular flexibility index (Phi) is 5.87. The zero-order chi connectivity index (χ0) is 21.1. The Labute approximate surface area is 167 Å². The molecule has 0 bridgehead atoms. The predicted molar refractivity (Wildman–Crippen MR) is 108 cm³/mol. The largest absolute Gasteiger partial charge is 0.497 e. The summed E-state index contributed by atoms with van der Waals surface area (Å²) >= 11 is 0. The number of ether oxygens (including phenoxy) is 3. The average Bonchev–Trinajstić information content (AvgIpc) is 2.66. The molecule has 2 unspecified atom stereocenters. The Hall–Kier alpha value is -3.34. The van der Waals surface area contributed by atoms with Gasteiger partial charge in [-0.15, -0.1) is 0 Å². The molecule has 0 spiro atoms. The van der Waals surface area contributed by atoms with Gasteiger partial charge in [-0.1, -0.05) is 0 Å². The lowest BCUT2D eigenvalue weighted by Crippen LogP contribution is -2.46. The van der Waals surface area contributed by atoms with Gasteiger partial charge < -0.3 is 30.2 Å². The van der Waals surface area contributed by atoms with E-state index in [4.69, 9.17) is 19.9 Å². The molecule has 3 N–H and O–H groups in total. The van der Waals surface area contributed by atoms with E-state index in [0.29, 0.717) is 30.3 Å². The fraction of sp³-hybridized carbons (Fsp3) is 0.444. The summed E-state index contributed by atoms with van der Waals surface area (Å²) < 4.78 is 16.3. The molecule has 0 radical (unpaired) electrons. The van der Waals surface area contributed by atoms with Gasteiger partial charge in [0, 0.05) is 19.2 Å². The molecular formula is C18H24N6O5. The molecule has 0 saturated carbocycles. The number of hydrogen-bond acceptors (Lipinski definition) is 10. The van der Waals surface area contributed by atoms with E-state index in [1.807, 2.05) is 13.8 Å². The highest BCUT2D eigenvalue weighted by Crippen LogP contribution is 2.36. The Morgan fingerprint density at radius 3 is 2.52 bits per heavy atom. The number of nitro groups is 1. The first-order valence-corrected chi connectivity index (χ1v) is 9.03. The Balaban J connectivity index is 2.03. The lowest BCUT2D eigenvalue weighted by atomic mass is 10.2. The standard InChI is InChI=1S/C18H24N6O5/c1-10-8-23(9-11(2)29-10)17-15(24(25)26)16(19)21-18(22-17)20-13-7-12(27-3)5-6-14(13)28-4/h5-7,10-11H,8-9H2,1-4H3,(H3,19,20,21,22). The fourth-order valence-corrected chi connectivity index (χ4v) is 3.29. The SMILES string of the molecule is COc1ccc(OC)c(Nc2nc(N)c([N+](=O)[O-])c(N3CC(C)OC(C)C3)n2)c1. The molecule has 29 heavy (non-hydrogen) atoms. The van der Waals surface area contributed by atoms with Gasteiger partial charge in [-0.25, -0.2) is 0 Å². The smallest absolute Gasteiger partial charge is 0.353 e. The lowest BCUT2D eigenvalue weighted by Gasteiger charge is -2.35. The predicted octanol–water partition coefficient (Wildman–Crippen LogP) is 2.34. The summed E-state index contributed by atoms with van der Waals surface area (Å²) in [6.45, 7) is 4.70. The first-order chi connectivity index (χ1) is 13.8. The number of morpholine rings is 1. The van der Waals surface area contributed by atoms with Crippen LogP contribution in [0.1, 0.15) is 13.8 Å². The number of nitrogen functional groups attached to an aromatic ring is 1. The molecule has 1 saturated heterocycles. The van der Waals surface area contributed by atoms with Crippen LogP contribution < -0.4 is 25.4 Å². The van der Waals surface area contributed by atoms with Crippen molar-refractivity contribution >= 4 is 29.0 Å². The van der Waals surface area contributed by atoms with Crippen molar-refractivity contribution in [1.82, 2.24) is 9.97 Å². The van der Waals surface area contributed by atoms with Crippen LogP contribution in [0, 0.1) is 10.1 Å². The third-order valence-corrected chi connectivity index (χ3v) is 4.45. The zero-order valence-corrected chi connectivity index (χ0v) is 16.7. The molecule has 2 atom stereocenters. The highest BCUT2D eigenvalue weighted by molar-refractivity contribution is 5.73. The molecule has 2 heterocycles. The van der Waals surface area contributed by atoms with Crippen molar-refractivity contribution in [2.45, 2.75) is 26.1 Å². The number of nitrogens with two attached hydrogens (primary N) is 1. The molecule has 11 nitrogen and oxygen atoms in total. The quantitative estimate of drug-likeness (QED) is 0.545. The van der Waals surface area contributed by atoms with E-state index < -0.39 is 4.92 Å². The van der Waals surface area contributed by atoms with Crippen LogP contribution in [0.2, 0.25) is 0 Å². The van der Waals surface area contributed by atoms with E-state index in [-0.39, 0.29) is 35.5 Å². The van der Waals surface area contributed by atoms with Crippen molar-refractivity contribution in [3.05, 3.63) is 28.3 Å². The van der Waals surface area contributed by atoms with Gasteiger partial charge in [0.2, 0.25) is 17.6 Å². The van der Waals surface area contributed by atoms with Crippen molar-refractivity contribution in [3.8, 4) is 11.5 Å². The van der Waals surface area contributed by atoms with E-state index in [1.54, 1.807) is 30.2 Å². The molecule has 1 aliphatic rings. The molecule has 0 aliphatic carbocycles. The van der Waals surface area contributed by atoms with Crippen LogP contribution in [0.5, 0.6) is 11.5 Å². The Morgan fingerprint density at radius 1 is 1.24 bits per heavy atom. The van der Waals surface area contributed by atoms with E-state index in [2.05, 4.69) is 15.3 Å². The second-order valence-electron chi connectivity index (χ2n) is 6.72. The van der Waals surface area contributed by atoms with Gasteiger partial charge >= 0.3 is 5.69 Å². The molecule has 1 aliphatic heterocycles. The molecular weight excluding hydrogens is 380 g/mol. The second kappa shape index (κ2) is 8.35. The molecule has 156 valence electrons. The number of hydrogen-bond donors (Lipinski definition) is 2. The molecule has 0 amide bonds. The van der Waals surface area contributed by atoms with Crippen molar-refractivity contribution in [2.75, 3.05) is 43.3 Å². The van der Waals surface area contributed by atoms with Gasteiger partial charge in [0.15, 0.2) is 0 Å². The zero-order valence-electron chi connectivity index (χ0n) is 16.7. The Morgan fingerprint density at radius 2 is 1.93 bits per heavy atom. The summed E-state index contributed by atoms with van der Waals surface area (Å²) in [5.41, 5.74) is 6.14.